The number of hydrogen-bond donors (Lipinski definition) is 1. The van der Waals surface area contributed by atoms with Crippen molar-refractivity contribution in [3.8, 4) is 0 Å². The zero-order valence-corrected chi connectivity index (χ0v) is 12.5. The number of nitrogens with two attached hydrogens (primary N) is 1. The third-order valence-corrected chi connectivity index (χ3v) is 4.09. The molecule has 0 aliphatic carbocycles. The highest BCUT2D eigenvalue weighted by Gasteiger charge is 2.48. The van der Waals surface area contributed by atoms with Gasteiger partial charge in [-0.2, -0.15) is 0 Å². The Hall–Kier alpha value is -0.930. The number of rotatable bonds is 2. The van der Waals surface area contributed by atoms with E-state index in [-0.39, 0.29) is 29.0 Å². The van der Waals surface area contributed by atoms with Crippen LogP contribution in [0.15, 0.2) is 18.2 Å². The maximum atomic E-state index is 14.1. The highest BCUT2D eigenvalue weighted by atomic mass is 19.1. The summed E-state index contributed by atoms with van der Waals surface area (Å²) in [7, 11) is 0. The van der Waals surface area contributed by atoms with Gasteiger partial charge in [-0.25, -0.2) is 4.39 Å². The number of halogens is 1. The fraction of sp³-hybridized carbons (Fsp3) is 0.625. The Morgan fingerprint density at radius 1 is 1.32 bits per heavy atom. The van der Waals surface area contributed by atoms with Gasteiger partial charge in [-0.1, -0.05) is 12.1 Å². The Balaban J connectivity index is 2.31. The van der Waals surface area contributed by atoms with Gasteiger partial charge in [0.2, 0.25) is 0 Å². The molecule has 2 rings (SSSR count). The lowest BCUT2D eigenvalue weighted by Crippen LogP contribution is -2.36. The number of benzene rings is 1. The van der Waals surface area contributed by atoms with Gasteiger partial charge >= 0.3 is 0 Å². The predicted octanol–water partition coefficient (Wildman–Crippen LogP) is 3.73. The molecule has 1 aromatic carbocycles. The first kappa shape index (κ1) is 14.5. The number of hydrogen-bond acceptors (Lipinski definition) is 2. The van der Waals surface area contributed by atoms with E-state index in [1.165, 1.54) is 0 Å². The zero-order chi connectivity index (χ0) is 14.4. The molecule has 1 aliphatic heterocycles. The lowest BCUT2D eigenvalue weighted by Gasteiger charge is -2.31. The molecular weight excluding hydrogens is 241 g/mol. The van der Waals surface area contributed by atoms with E-state index in [0.717, 1.165) is 12.0 Å². The smallest absolute Gasteiger partial charge is 0.128 e. The van der Waals surface area contributed by atoms with Crippen molar-refractivity contribution in [1.82, 2.24) is 0 Å². The molecule has 2 atom stereocenters. The van der Waals surface area contributed by atoms with Gasteiger partial charge < -0.3 is 10.5 Å². The molecule has 19 heavy (non-hydrogen) atoms. The van der Waals surface area contributed by atoms with Crippen LogP contribution in [0.2, 0.25) is 0 Å². The van der Waals surface area contributed by atoms with Crippen molar-refractivity contribution >= 4 is 0 Å². The van der Waals surface area contributed by atoms with Crippen LogP contribution in [-0.2, 0) is 4.74 Å². The van der Waals surface area contributed by atoms with Crippen molar-refractivity contribution in [2.75, 3.05) is 0 Å². The molecule has 0 radical (unpaired) electrons. The average molecular weight is 265 g/mol. The molecule has 2 unspecified atom stereocenters. The summed E-state index contributed by atoms with van der Waals surface area (Å²) in [5, 5.41) is 0. The predicted molar refractivity (Wildman–Crippen MR) is 75.4 cm³/mol. The molecule has 0 amide bonds. The second-order valence-corrected chi connectivity index (χ2v) is 6.83. The summed E-state index contributed by atoms with van der Waals surface area (Å²) < 4.78 is 20.1. The average Bonchev–Trinajstić information content (AvgIpc) is 2.45. The normalized spacial score (nSPS) is 26.4. The van der Waals surface area contributed by atoms with Crippen LogP contribution in [0.1, 0.15) is 51.3 Å². The molecule has 3 heteroatoms. The minimum Gasteiger partial charge on any atom is -0.369 e. The van der Waals surface area contributed by atoms with Crippen molar-refractivity contribution in [3.63, 3.8) is 0 Å². The lowest BCUT2D eigenvalue weighted by atomic mass is 9.79. The van der Waals surface area contributed by atoms with E-state index in [9.17, 15) is 4.39 Å². The molecule has 2 nitrogen and oxygen atoms in total. The third-order valence-electron chi connectivity index (χ3n) is 4.09. The molecule has 2 N–H and O–H groups in total. The molecule has 0 bridgehead atoms. The standard InChI is InChI=1S/C16H24FNO/c1-10-6-7-11(13(17)8-10)14(18)12-9-15(2,3)19-16(12,4)5/h6-8,12,14H,9,18H2,1-5H3. The fourth-order valence-electron chi connectivity index (χ4n) is 3.28. The van der Waals surface area contributed by atoms with Crippen molar-refractivity contribution in [1.29, 1.82) is 0 Å². The maximum absolute atomic E-state index is 14.1. The highest BCUT2D eigenvalue weighted by Crippen LogP contribution is 2.47. The summed E-state index contributed by atoms with van der Waals surface area (Å²) in [6.07, 6.45) is 0.842. The number of ether oxygens (including phenoxy) is 1. The quantitative estimate of drug-likeness (QED) is 0.884. The Labute approximate surface area is 115 Å². The van der Waals surface area contributed by atoms with Gasteiger partial charge in [-0.05, 0) is 52.7 Å². The lowest BCUT2D eigenvalue weighted by molar-refractivity contribution is -0.0768. The van der Waals surface area contributed by atoms with Crippen LogP contribution in [0.5, 0.6) is 0 Å². The molecule has 0 saturated carbocycles. The van der Waals surface area contributed by atoms with E-state index >= 15 is 0 Å². The Bertz CT molecular complexity index is 482. The van der Waals surface area contributed by atoms with Crippen molar-refractivity contribution < 1.29 is 9.13 Å². The molecule has 1 saturated heterocycles. The first-order valence-corrected chi connectivity index (χ1v) is 6.84. The van der Waals surface area contributed by atoms with Crippen molar-refractivity contribution in [3.05, 3.63) is 35.1 Å². The van der Waals surface area contributed by atoms with E-state index < -0.39 is 0 Å². The van der Waals surface area contributed by atoms with Crippen LogP contribution in [0.4, 0.5) is 4.39 Å². The van der Waals surface area contributed by atoms with E-state index in [4.69, 9.17) is 10.5 Å². The summed E-state index contributed by atoms with van der Waals surface area (Å²) in [6.45, 7) is 10.1. The van der Waals surface area contributed by atoms with Gasteiger partial charge in [0, 0.05) is 17.5 Å². The molecule has 1 heterocycles. The Morgan fingerprint density at radius 3 is 2.42 bits per heavy atom. The second-order valence-electron chi connectivity index (χ2n) is 6.83. The molecular formula is C16H24FNO. The van der Waals surface area contributed by atoms with Crippen molar-refractivity contribution in [2.24, 2.45) is 11.7 Å². The summed E-state index contributed by atoms with van der Waals surface area (Å²) in [5.74, 6) is -0.104. The van der Waals surface area contributed by atoms with Gasteiger partial charge in [0.25, 0.3) is 0 Å². The van der Waals surface area contributed by atoms with E-state index in [1.54, 1.807) is 12.1 Å². The highest BCUT2D eigenvalue weighted by molar-refractivity contribution is 5.27. The van der Waals surface area contributed by atoms with Crippen LogP contribution in [0, 0.1) is 18.7 Å². The first-order chi connectivity index (χ1) is 8.62. The van der Waals surface area contributed by atoms with Gasteiger partial charge in [0.15, 0.2) is 0 Å². The van der Waals surface area contributed by atoms with E-state index in [2.05, 4.69) is 13.8 Å². The molecule has 0 aromatic heterocycles. The van der Waals surface area contributed by atoms with Crippen LogP contribution in [-0.4, -0.2) is 11.2 Å². The minimum atomic E-state index is -0.336. The SMILES string of the molecule is Cc1ccc(C(N)C2CC(C)(C)OC2(C)C)c(F)c1. The summed E-state index contributed by atoms with van der Waals surface area (Å²) in [6, 6.07) is 4.92. The zero-order valence-electron chi connectivity index (χ0n) is 12.5. The molecule has 1 aromatic rings. The van der Waals surface area contributed by atoms with Crippen LogP contribution < -0.4 is 5.73 Å². The maximum Gasteiger partial charge on any atom is 0.128 e. The monoisotopic (exact) mass is 265 g/mol. The molecule has 1 aliphatic rings. The third kappa shape index (κ3) is 2.82. The second kappa shape index (κ2) is 4.57. The van der Waals surface area contributed by atoms with E-state index in [1.807, 2.05) is 26.8 Å². The summed E-state index contributed by atoms with van der Waals surface area (Å²) in [5.41, 5.74) is 7.29. The molecule has 106 valence electrons. The number of aryl methyl sites for hydroxylation is 1. The Morgan fingerprint density at radius 2 is 1.95 bits per heavy atom. The van der Waals surface area contributed by atoms with Gasteiger partial charge in [0.1, 0.15) is 5.82 Å². The topological polar surface area (TPSA) is 35.2 Å². The molecule has 1 fully saturated rings. The van der Waals surface area contributed by atoms with E-state index in [0.29, 0.717) is 5.56 Å². The summed E-state index contributed by atoms with van der Waals surface area (Å²) in [4.78, 5) is 0. The first-order valence-electron chi connectivity index (χ1n) is 6.84. The van der Waals surface area contributed by atoms with Crippen LogP contribution in [0.25, 0.3) is 0 Å². The largest absolute Gasteiger partial charge is 0.369 e. The van der Waals surface area contributed by atoms with Crippen LogP contribution >= 0.6 is 0 Å². The molecule has 0 spiro atoms. The minimum absolute atomic E-state index is 0.111. The van der Waals surface area contributed by atoms with Gasteiger partial charge in [0.05, 0.1) is 11.2 Å². The Kier molecular flexibility index (Phi) is 3.48. The van der Waals surface area contributed by atoms with Gasteiger partial charge in [-0.3, -0.25) is 0 Å². The van der Waals surface area contributed by atoms with Gasteiger partial charge in [-0.15, -0.1) is 0 Å². The summed E-state index contributed by atoms with van der Waals surface area (Å²) >= 11 is 0. The fourth-order valence-corrected chi connectivity index (χ4v) is 3.28. The van der Waals surface area contributed by atoms with Crippen molar-refractivity contribution in [2.45, 2.75) is 58.3 Å². The van der Waals surface area contributed by atoms with Crippen LogP contribution in [0.3, 0.4) is 0 Å².